The van der Waals surface area contributed by atoms with Crippen molar-refractivity contribution in [2.75, 3.05) is 6.61 Å². The van der Waals surface area contributed by atoms with Gasteiger partial charge in [0.05, 0.1) is 18.1 Å². The van der Waals surface area contributed by atoms with Crippen LogP contribution in [-0.4, -0.2) is 59.1 Å². The summed E-state index contributed by atoms with van der Waals surface area (Å²) >= 11 is 0. The molecule has 164 valence electrons. The van der Waals surface area contributed by atoms with Gasteiger partial charge in [0, 0.05) is 18.9 Å². The van der Waals surface area contributed by atoms with Crippen LogP contribution < -0.4 is 0 Å². The number of carbonyl (C=O) groups excluding carboxylic acids is 3. The third kappa shape index (κ3) is 5.25. The van der Waals surface area contributed by atoms with E-state index in [0.29, 0.717) is 11.1 Å². The molecule has 2 N–H and O–H groups in total. The second-order valence-corrected chi connectivity index (χ2v) is 7.49. The van der Waals surface area contributed by atoms with E-state index in [2.05, 4.69) is 6.58 Å². The van der Waals surface area contributed by atoms with E-state index < -0.39 is 54.8 Å². The molecule has 1 aliphatic heterocycles. The van der Waals surface area contributed by atoms with Crippen LogP contribution in [0.4, 0.5) is 0 Å². The molecule has 2 rings (SSSR count). The predicted molar refractivity (Wildman–Crippen MR) is 107 cm³/mol. The number of rotatable bonds is 4. The van der Waals surface area contributed by atoms with Gasteiger partial charge in [-0.1, -0.05) is 24.3 Å². The molecule has 30 heavy (non-hydrogen) atoms. The second-order valence-electron chi connectivity index (χ2n) is 7.49. The Kier molecular flexibility index (Phi) is 7.75. The van der Waals surface area contributed by atoms with Gasteiger partial charge >= 0.3 is 17.9 Å². The van der Waals surface area contributed by atoms with Crippen molar-refractivity contribution in [3.05, 3.63) is 47.1 Å². The number of aliphatic hydroxyl groups is 2. The van der Waals surface area contributed by atoms with Crippen molar-refractivity contribution in [2.45, 2.75) is 58.5 Å². The molecule has 0 aromatic rings. The van der Waals surface area contributed by atoms with Gasteiger partial charge in [0.2, 0.25) is 0 Å². The Labute approximate surface area is 175 Å². The van der Waals surface area contributed by atoms with Gasteiger partial charge in [-0.05, 0) is 32.4 Å². The summed E-state index contributed by atoms with van der Waals surface area (Å²) in [6.45, 7) is 9.55. The zero-order valence-corrected chi connectivity index (χ0v) is 17.6. The van der Waals surface area contributed by atoms with E-state index in [1.165, 1.54) is 19.1 Å². The van der Waals surface area contributed by atoms with Crippen LogP contribution in [0, 0.1) is 5.92 Å². The lowest BCUT2D eigenvalue weighted by molar-refractivity contribution is -0.150. The first-order valence-electron chi connectivity index (χ1n) is 9.66. The Bertz CT molecular complexity index is 819. The molecule has 0 spiro atoms. The molecule has 1 saturated heterocycles. The average Bonchev–Trinajstić information content (AvgIpc) is 2.92. The third-order valence-electron chi connectivity index (χ3n) is 5.16. The number of fused-ring (bicyclic) bond motifs is 1. The normalized spacial score (nSPS) is 33.4. The molecule has 8 nitrogen and oxygen atoms in total. The number of esters is 3. The van der Waals surface area contributed by atoms with Gasteiger partial charge in [0.25, 0.3) is 0 Å². The summed E-state index contributed by atoms with van der Waals surface area (Å²) in [6.07, 6.45) is 1.01. The van der Waals surface area contributed by atoms with Crippen molar-refractivity contribution in [2.24, 2.45) is 5.92 Å². The van der Waals surface area contributed by atoms with E-state index in [-0.39, 0.29) is 17.6 Å². The van der Waals surface area contributed by atoms with E-state index in [1.807, 2.05) is 0 Å². The van der Waals surface area contributed by atoms with Crippen molar-refractivity contribution in [1.82, 2.24) is 0 Å². The molecule has 0 saturated carbocycles. The Morgan fingerprint density at radius 1 is 1.30 bits per heavy atom. The molecule has 0 unspecified atom stereocenters. The number of ether oxygens (including phenoxy) is 3. The maximum atomic E-state index is 12.5. The maximum Gasteiger partial charge on any atom is 0.336 e. The molecule has 8 heteroatoms. The van der Waals surface area contributed by atoms with E-state index in [1.54, 1.807) is 26.8 Å². The summed E-state index contributed by atoms with van der Waals surface area (Å²) in [7, 11) is 0. The van der Waals surface area contributed by atoms with Crippen molar-refractivity contribution in [3.8, 4) is 0 Å². The lowest BCUT2D eigenvalue weighted by atomic mass is 9.84. The molecule has 1 aliphatic carbocycles. The Balaban J connectivity index is 2.49. The molecule has 0 amide bonds. The highest BCUT2D eigenvalue weighted by atomic mass is 16.6. The number of aliphatic hydroxyl groups excluding tert-OH is 2. The van der Waals surface area contributed by atoms with E-state index in [0.717, 1.165) is 0 Å². The van der Waals surface area contributed by atoms with Crippen LogP contribution in [0.2, 0.25) is 0 Å². The smallest absolute Gasteiger partial charge is 0.336 e. The van der Waals surface area contributed by atoms with Crippen molar-refractivity contribution < 1.29 is 38.8 Å². The monoisotopic (exact) mass is 420 g/mol. The van der Waals surface area contributed by atoms with Gasteiger partial charge in [-0.25, -0.2) is 9.59 Å². The molecule has 0 aromatic heterocycles. The molecule has 0 aromatic carbocycles. The third-order valence-corrected chi connectivity index (χ3v) is 5.16. The largest absolute Gasteiger partial charge is 0.458 e. The summed E-state index contributed by atoms with van der Waals surface area (Å²) in [5.74, 6) is -2.56. The van der Waals surface area contributed by atoms with Gasteiger partial charge in [0.15, 0.2) is 6.10 Å². The molecule has 0 bridgehead atoms. The van der Waals surface area contributed by atoms with Crippen LogP contribution in [-0.2, 0) is 28.6 Å². The second kappa shape index (κ2) is 9.86. The number of allylic oxidation sites excluding steroid dienone is 1. The molecule has 1 fully saturated rings. The van der Waals surface area contributed by atoms with E-state index in [4.69, 9.17) is 14.2 Å². The molecule has 0 radical (unpaired) electrons. The van der Waals surface area contributed by atoms with E-state index in [9.17, 15) is 24.6 Å². The van der Waals surface area contributed by atoms with Crippen molar-refractivity contribution >= 4 is 17.9 Å². The van der Waals surface area contributed by atoms with E-state index >= 15 is 0 Å². The summed E-state index contributed by atoms with van der Waals surface area (Å²) in [6, 6.07) is 0. The van der Waals surface area contributed by atoms with Gasteiger partial charge < -0.3 is 24.4 Å². The maximum absolute atomic E-state index is 12.5. The highest BCUT2D eigenvalue weighted by Gasteiger charge is 2.45. The SMILES string of the molecule is C=C1C(=O)O[C@@H]2/C=C(/C)[C@H](OC(C)=O)[C@H](O)/C=C(\C)C[C@@H](OC(=O)/C(=C\C)CO)[C@@H]12. The van der Waals surface area contributed by atoms with Gasteiger partial charge in [-0.15, -0.1) is 0 Å². The van der Waals surface area contributed by atoms with Crippen molar-refractivity contribution in [1.29, 1.82) is 0 Å². The topological polar surface area (TPSA) is 119 Å². The Morgan fingerprint density at radius 2 is 1.97 bits per heavy atom. The lowest BCUT2D eigenvalue weighted by Crippen LogP contribution is -2.37. The number of hydrogen-bond donors (Lipinski definition) is 2. The number of hydrogen-bond acceptors (Lipinski definition) is 8. The molecule has 1 heterocycles. The van der Waals surface area contributed by atoms with Gasteiger partial charge in [-0.2, -0.15) is 0 Å². The van der Waals surface area contributed by atoms with Crippen LogP contribution in [0.15, 0.2) is 47.1 Å². The molecular formula is C22H28O8. The first kappa shape index (κ1) is 23.6. The fraction of sp³-hybridized carbons (Fsp3) is 0.500. The zero-order valence-electron chi connectivity index (χ0n) is 17.6. The molecular weight excluding hydrogens is 392 g/mol. The molecule has 5 atom stereocenters. The average molecular weight is 420 g/mol. The van der Waals surface area contributed by atoms with Gasteiger partial charge in [0.1, 0.15) is 18.3 Å². The molecule has 2 aliphatic rings. The standard InChI is InChI=1S/C22H28O8/c1-6-15(10-23)22(27)30-17-8-11(2)7-16(25)20(28-14(5)24)12(3)9-18-19(17)13(4)21(26)29-18/h6-7,9,16-20,23,25H,4,8,10H2,1-3,5H3/b11-7+,12-9-,15-6-/t16-,17-,18-,19-,20+/m1/s1. The summed E-state index contributed by atoms with van der Waals surface area (Å²) in [4.78, 5) is 36.2. The first-order chi connectivity index (χ1) is 14.1. The quantitative estimate of drug-likeness (QED) is 0.304. The van der Waals surface area contributed by atoms with Crippen LogP contribution in [0.25, 0.3) is 0 Å². The minimum absolute atomic E-state index is 0.0859. The summed E-state index contributed by atoms with van der Waals surface area (Å²) in [5.41, 5.74) is 1.38. The van der Waals surface area contributed by atoms with Crippen molar-refractivity contribution in [3.63, 3.8) is 0 Å². The van der Waals surface area contributed by atoms with Crippen LogP contribution in [0.5, 0.6) is 0 Å². The summed E-state index contributed by atoms with van der Waals surface area (Å²) in [5, 5.41) is 19.9. The fourth-order valence-electron chi connectivity index (χ4n) is 3.64. The Morgan fingerprint density at radius 3 is 2.53 bits per heavy atom. The fourth-order valence-corrected chi connectivity index (χ4v) is 3.64. The Hall–Kier alpha value is -2.71. The highest BCUT2D eigenvalue weighted by Crippen LogP contribution is 2.36. The minimum atomic E-state index is -1.14. The van der Waals surface area contributed by atoms with Crippen LogP contribution in [0.1, 0.15) is 34.1 Å². The predicted octanol–water partition coefficient (Wildman–Crippen LogP) is 1.52. The minimum Gasteiger partial charge on any atom is -0.458 e. The summed E-state index contributed by atoms with van der Waals surface area (Å²) < 4.78 is 16.3. The first-order valence-corrected chi connectivity index (χ1v) is 9.66. The van der Waals surface area contributed by atoms with Crippen LogP contribution in [0.3, 0.4) is 0 Å². The van der Waals surface area contributed by atoms with Gasteiger partial charge in [-0.3, -0.25) is 4.79 Å². The van der Waals surface area contributed by atoms with Crippen LogP contribution >= 0.6 is 0 Å². The number of carbonyl (C=O) groups is 3. The highest BCUT2D eigenvalue weighted by molar-refractivity contribution is 5.92. The lowest BCUT2D eigenvalue weighted by Gasteiger charge is -2.30. The zero-order chi connectivity index (χ0) is 22.6.